The normalized spacial score (nSPS) is 20.5. The number of cyclic esters (lactones) is 1. The van der Waals surface area contributed by atoms with Crippen LogP contribution in [0.3, 0.4) is 0 Å². The van der Waals surface area contributed by atoms with Crippen molar-refractivity contribution in [2.45, 2.75) is 12.5 Å². The molecule has 2 heterocycles. The number of esters is 1. The van der Waals surface area contributed by atoms with Gasteiger partial charge in [-0.3, -0.25) is 9.59 Å². The number of para-hydroxylation sites is 1. The maximum absolute atomic E-state index is 12.4. The molecule has 0 bridgehead atoms. The van der Waals surface area contributed by atoms with Gasteiger partial charge in [0.1, 0.15) is 17.4 Å². The Bertz CT molecular complexity index is 689. The van der Waals surface area contributed by atoms with Gasteiger partial charge in [0.05, 0.1) is 19.4 Å². The molecule has 1 aliphatic rings. The minimum atomic E-state index is -0.670. The minimum Gasteiger partial charge on any atom is -0.496 e. The smallest absolute Gasteiger partial charge is 0.307 e. The van der Waals surface area contributed by atoms with Crippen molar-refractivity contribution in [2.24, 2.45) is 5.92 Å². The molecule has 3 rings (SSSR count). The van der Waals surface area contributed by atoms with E-state index in [1.54, 1.807) is 12.1 Å². The van der Waals surface area contributed by atoms with E-state index in [4.69, 9.17) is 9.47 Å². The summed E-state index contributed by atoms with van der Waals surface area (Å²) < 4.78 is 10.6. The molecule has 22 heavy (non-hydrogen) atoms. The number of amides is 1. The van der Waals surface area contributed by atoms with Crippen LogP contribution in [0.25, 0.3) is 0 Å². The SMILES string of the molecule is COc1ccccc1[C@H]1OC(=O)C[C@@H]1C(=O)Nc1nncs1. The van der Waals surface area contributed by atoms with Crippen LogP contribution in [0, 0.1) is 5.92 Å². The Hall–Kier alpha value is -2.48. The van der Waals surface area contributed by atoms with Crippen molar-refractivity contribution in [1.82, 2.24) is 10.2 Å². The molecule has 2 atom stereocenters. The summed E-state index contributed by atoms with van der Waals surface area (Å²) in [4.78, 5) is 24.1. The fourth-order valence-corrected chi connectivity index (χ4v) is 2.84. The highest BCUT2D eigenvalue weighted by molar-refractivity contribution is 7.13. The zero-order chi connectivity index (χ0) is 15.5. The molecule has 114 valence electrons. The van der Waals surface area contributed by atoms with Gasteiger partial charge < -0.3 is 14.8 Å². The Morgan fingerprint density at radius 3 is 3.00 bits per heavy atom. The molecule has 0 spiro atoms. The zero-order valence-corrected chi connectivity index (χ0v) is 12.5. The van der Waals surface area contributed by atoms with E-state index in [0.29, 0.717) is 16.4 Å². The Kier molecular flexibility index (Phi) is 4.01. The lowest BCUT2D eigenvalue weighted by molar-refractivity contribution is -0.141. The van der Waals surface area contributed by atoms with Crippen molar-refractivity contribution >= 4 is 28.3 Å². The Balaban J connectivity index is 1.86. The summed E-state index contributed by atoms with van der Waals surface area (Å²) in [5.74, 6) is -0.782. The maximum Gasteiger partial charge on any atom is 0.307 e. The molecule has 1 amide bonds. The van der Waals surface area contributed by atoms with Gasteiger partial charge in [-0.15, -0.1) is 10.2 Å². The molecule has 8 heteroatoms. The first-order valence-electron chi connectivity index (χ1n) is 6.58. The third kappa shape index (κ3) is 2.77. The van der Waals surface area contributed by atoms with Crippen LogP contribution in [0.5, 0.6) is 5.75 Å². The molecule has 7 nitrogen and oxygen atoms in total. The summed E-state index contributed by atoms with van der Waals surface area (Å²) in [5, 5.41) is 10.5. The van der Waals surface area contributed by atoms with Crippen LogP contribution in [0.15, 0.2) is 29.8 Å². The van der Waals surface area contributed by atoms with Crippen molar-refractivity contribution in [3.05, 3.63) is 35.3 Å². The third-order valence-electron chi connectivity index (χ3n) is 3.38. The monoisotopic (exact) mass is 319 g/mol. The topological polar surface area (TPSA) is 90.4 Å². The summed E-state index contributed by atoms with van der Waals surface area (Å²) >= 11 is 1.21. The number of hydrogen-bond acceptors (Lipinski definition) is 7. The van der Waals surface area contributed by atoms with Gasteiger partial charge in [-0.1, -0.05) is 29.5 Å². The Morgan fingerprint density at radius 2 is 2.27 bits per heavy atom. The molecular weight excluding hydrogens is 306 g/mol. The number of aromatic nitrogens is 2. The summed E-state index contributed by atoms with van der Waals surface area (Å²) in [7, 11) is 1.53. The second-order valence-electron chi connectivity index (χ2n) is 4.70. The van der Waals surface area contributed by atoms with Gasteiger partial charge in [0.25, 0.3) is 0 Å². The van der Waals surface area contributed by atoms with Crippen LogP contribution < -0.4 is 10.1 Å². The molecule has 0 radical (unpaired) electrons. The molecule has 1 aliphatic heterocycles. The van der Waals surface area contributed by atoms with E-state index in [0.717, 1.165) is 0 Å². The van der Waals surface area contributed by atoms with E-state index < -0.39 is 18.0 Å². The average Bonchev–Trinajstić information content (AvgIpc) is 3.16. The van der Waals surface area contributed by atoms with Crippen molar-refractivity contribution < 1.29 is 19.1 Å². The molecule has 1 aromatic carbocycles. The highest BCUT2D eigenvalue weighted by Gasteiger charge is 2.42. The van der Waals surface area contributed by atoms with Crippen molar-refractivity contribution in [2.75, 3.05) is 12.4 Å². The lowest BCUT2D eigenvalue weighted by Gasteiger charge is -2.19. The standard InChI is InChI=1S/C14H13N3O4S/c1-20-10-5-3-2-4-8(10)12-9(6-11(18)21-12)13(19)16-14-17-15-7-22-14/h2-5,7,9,12H,6H2,1H3,(H,16,17,19)/t9-,12+/m0/s1. The molecule has 0 aliphatic carbocycles. The number of carbonyl (C=O) groups excluding carboxylic acids is 2. The summed E-state index contributed by atoms with van der Waals surface area (Å²) in [6.45, 7) is 0. The van der Waals surface area contributed by atoms with E-state index in [-0.39, 0.29) is 12.3 Å². The van der Waals surface area contributed by atoms with Gasteiger partial charge in [-0.25, -0.2) is 0 Å². The average molecular weight is 319 g/mol. The minimum absolute atomic E-state index is 0.0212. The molecule has 0 unspecified atom stereocenters. The number of anilines is 1. The first-order valence-corrected chi connectivity index (χ1v) is 7.46. The van der Waals surface area contributed by atoms with Gasteiger partial charge >= 0.3 is 5.97 Å². The molecule has 2 aromatic rings. The quantitative estimate of drug-likeness (QED) is 0.864. The molecule has 0 saturated carbocycles. The lowest BCUT2D eigenvalue weighted by Crippen LogP contribution is -2.25. The molecule has 1 aromatic heterocycles. The van der Waals surface area contributed by atoms with Crippen molar-refractivity contribution in [3.8, 4) is 5.75 Å². The van der Waals surface area contributed by atoms with Gasteiger partial charge in [0.2, 0.25) is 11.0 Å². The van der Waals surface area contributed by atoms with Crippen LogP contribution in [-0.2, 0) is 14.3 Å². The Morgan fingerprint density at radius 1 is 1.45 bits per heavy atom. The summed E-state index contributed by atoms with van der Waals surface area (Å²) in [6.07, 6.45) is -0.649. The highest BCUT2D eigenvalue weighted by atomic mass is 32.1. The fourth-order valence-electron chi connectivity index (χ4n) is 2.40. The van der Waals surface area contributed by atoms with Crippen LogP contribution >= 0.6 is 11.3 Å². The number of hydrogen-bond donors (Lipinski definition) is 1. The number of carbonyl (C=O) groups is 2. The second-order valence-corrected chi connectivity index (χ2v) is 5.53. The third-order valence-corrected chi connectivity index (χ3v) is 3.99. The lowest BCUT2D eigenvalue weighted by atomic mass is 9.94. The van der Waals surface area contributed by atoms with Gasteiger partial charge in [-0.2, -0.15) is 0 Å². The number of rotatable bonds is 4. The molecule has 1 fully saturated rings. The van der Waals surface area contributed by atoms with Gasteiger partial charge in [0.15, 0.2) is 0 Å². The zero-order valence-electron chi connectivity index (χ0n) is 11.7. The van der Waals surface area contributed by atoms with Gasteiger partial charge in [0, 0.05) is 5.56 Å². The van der Waals surface area contributed by atoms with Crippen LogP contribution in [0.2, 0.25) is 0 Å². The first kappa shape index (κ1) is 14.5. The van der Waals surface area contributed by atoms with Crippen LogP contribution in [-0.4, -0.2) is 29.2 Å². The fraction of sp³-hybridized carbons (Fsp3) is 0.286. The van der Waals surface area contributed by atoms with E-state index >= 15 is 0 Å². The number of ether oxygens (including phenoxy) is 2. The highest BCUT2D eigenvalue weighted by Crippen LogP contribution is 2.40. The first-order chi connectivity index (χ1) is 10.7. The van der Waals surface area contributed by atoms with E-state index in [1.807, 2.05) is 12.1 Å². The second kappa shape index (κ2) is 6.10. The van der Waals surface area contributed by atoms with Crippen molar-refractivity contribution in [3.63, 3.8) is 0 Å². The molecule has 1 saturated heterocycles. The summed E-state index contributed by atoms with van der Waals surface area (Å²) in [5.41, 5.74) is 2.19. The predicted octanol–water partition coefficient (Wildman–Crippen LogP) is 1.79. The maximum atomic E-state index is 12.4. The molecule has 1 N–H and O–H groups in total. The van der Waals surface area contributed by atoms with Gasteiger partial charge in [-0.05, 0) is 6.07 Å². The number of benzene rings is 1. The number of methoxy groups -OCH3 is 1. The van der Waals surface area contributed by atoms with E-state index in [2.05, 4.69) is 15.5 Å². The van der Waals surface area contributed by atoms with E-state index in [1.165, 1.54) is 24.0 Å². The molecular formula is C14H13N3O4S. The Labute approximate surface area is 130 Å². The number of nitrogens with zero attached hydrogens (tertiary/aromatic N) is 2. The van der Waals surface area contributed by atoms with Crippen LogP contribution in [0.1, 0.15) is 18.1 Å². The summed E-state index contributed by atoms with van der Waals surface area (Å²) in [6, 6.07) is 7.17. The van der Waals surface area contributed by atoms with E-state index in [9.17, 15) is 9.59 Å². The van der Waals surface area contributed by atoms with Crippen LogP contribution in [0.4, 0.5) is 5.13 Å². The largest absolute Gasteiger partial charge is 0.496 e. The van der Waals surface area contributed by atoms with Crippen molar-refractivity contribution in [1.29, 1.82) is 0 Å². The number of nitrogens with one attached hydrogen (secondary N) is 1. The predicted molar refractivity (Wildman–Crippen MR) is 78.5 cm³/mol.